The minimum atomic E-state index is 0.187. The van der Waals surface area contributed by atoms with E-state index in [0.29, 0.717) is 33.9 Å². The zero-order valence-electron chi connectivity index (χ0n) is 59.9. The number of rotatable bonds is 17. The van der Waals surface area contributed by atoms with Crippen LogP contribution in [0.2, 0.25) is 0 Å². The number of nitrogens with one attached hydrogen (secondary N) is 4. The Morgan fingerprint density at radius 1 is 0.434 bits per heavy atom. The molecule has 4 aromatic carbocycles. The number of oxazole rings is 1. The van der Waals surface area contributed by atoms with E-state index < -0.39 is 0 Å². The second kappa shape index (κ2) is 27.1. The van der Waals surface area contributed by atoms with Crippen molar-refractivity contribution in [3.8, 4) is 28.7 Å². The molecule has 522 valence electrons. The summed E-state index contributed by atoms with van der Waals surface area (Å²) in [5, 5.41) is 19.8. The van der Waals surface area contributed by atoms with Crippen molar-refractivity contribution in [2.75, 3.05) is 33.3 Å². The maximum Gasteiger partial charge on any atom is 0.257 e. The van der Waals surface area contributed by atoms with E-state index in [1.165, 1.54) is 177 Å². The molecule has 0 amide bonds. The quantitative estimate of drug-likeness (QED) is 0.0689. The Hall–Kier alpha value is -6.45. The number of aryl methyl sites for hydroxylation is 1. The van der Waals surface area contributed by atoms with Gasteiger partial charge in [0.15, 0.2) is 17.5 Å². The van der Waals surface area contributed by atoms with Crippen LogP contribution in [0.15, 0.2) is 138 Å². The van der Waals surface area contributed by atoms with Crippen LogP contribution in [0, 0.1) is 77.9 Å². The molecule has 24 rings (SSSR count). The van der Waals surface area contributed by atoms with E-state index in [1.54, 1.807) is 13.4 Å². The minimum absolute atomic E-state index is 0.187. The lowest BCUT2D eigenvalue weighted by molar-refractivity contribution is -0.0210. The molecule has 6 aromatic rings. The normalized spacial score (nSPS) is 34.8. The van der Waals surface area contributed by atoms with Crippen molar-refractivity contribution in [2.24, 2.45) is 91.0 Å². The summed E-state index contributed by atoms with van der Waals surface area (Å²) in [6.45, 7) is 13.7. The van der Waals surface area contributed by atoms with Gasteiger partial charge >= 0.3 is 0 Å². The average Bonchev–Trinajstić information content (AvgIpc) is 1.53. The predicted molar refractivity (Wildman–Crippen MR) is 396 cm³/mol. The minimum Gasteiger partial charge on any atom is -0.497 e. The highest BCUT2D eigenvalue weighted by atomic mass is 16.5. The fourth-order valence-corrected chi connectivity index (χ4v) is 23.9. The summed E-state index contributed by atoms with van der Waals surface area (Å²) in [5.74, 6) is 16.5. The molecule has 16 saturated carbocycles. The van der Waals surface area contributed by atoms with Crippen LogP contribution in [0.25, 0.3) is 22.9 Å². The molecule has 0 spiro atoms. The molecule has 2 aromatic heterocycles. The van der Waals surface area contributed by atoms with E-state index in [2.05, 4.69) is 130 Å². The third-order valence-corrected chi connectivity index (χ3v) is 26.8. The summed E-state index contributed by atoms with van der Waals surface area (Å²) in [7, 11) is 1.67. The topological polar surface area (TPSA) is 172 Å². The number of amidine groups is 2. The summed E-state index contributed by atoms with van der Waals surface area (Å²) in [4.78, 5) is 28.3. The summed E-state index contributed by atoms with van der Waals surface area (Å²) >= 11 is 0. The van der Waals surface area contributed by atoms with E-state index in [4.69, 9.17) is 28.7 Å². The van der Waals surface area contributed by atoms with Crippen LogP contribution >= 0.6 is 0 Å². The van der Waals surface area contributed by atoms with Crippen molar-refractivity contribution >= 4 is 23.1 Å². The standard InChI is InChI=1S/C24H33N3.C21H26N2O2.C20H25N3O.C20H25N3/c1-23(2,3)20-6-4-19(5-7-20)22-25-14-21(27-22)15-26-24-11-16-8-17(12-24)10-18(9-16)13-24;1-24-19-4-2-17(3-5-19)20-23-18(13-25-20)12-22-21-9-14-6-15(10-21)8-16(7-14)11-21;1-13-3-2-4-17(5-13)19-22-18(23-24-19)12-21-20-9-14-6-15(10-20)8-16(7-14)11-20;1-2-4-17(5-3-1)19-21-12-18(23-19)13-22-20-9-14-6-15(10-20)8-16(7-14)11-20/h4-7,16-18,26H,8-15H2,1-3H3;2-5,13-16,22H,6-12H2,1H3;2-5,14-16,21H,6-12H2,1H3;1-5,14-16,22H,6-13H2. The van der Waals surface area contributed by atoms with Gasteiger partial charge in [0, 0.05) is 64.0 Å². The molecule has 14 heteroatoms. The molecule has 0 saturated heterocycles. The number of methoxy groups -OCH3 is 1. The number of ether oxygens (including phenoxy) is 1. The summed E-state index contributed by atoms with van der Waals surface area (Å²) in [6.07, 6.45) is 36.2. The second-order valence-electron chi connectivity index (χ2n) is 35.8. The molecule has 4 heterocycles. The Kier molecular flexibility index (Phi) is 18.0. The smallest absolute Gasteiger partial charge is 0.257 e. The maximum absolute atomic E-state index is 5.70. The molecule has 16 aliphatic carbocycles. The highest BCUT2D eigenvalue weighted by Crippen LogP contribution is 2.59. The molecular formula is C85H109N11O3. The van der Waals surface area contributed by atoms with Gasteiger partial charge in [-0.2, -0.15) is 4.98 Å². The zero-order valence-corrected chi connectivity index (χ0v) is 59.9. The molecule has 0 unspecified atom stereocenters. The Labute approximate surface area is 588 Å². The number of hydrogen-bond donors (Lipinski definition) is 4. The van der Waals surface area contributed by atoms with Gasteiger partial charge in [0.05, 0.1) is 43.9 Å². The first kappa shape index (κ1) is 65.8. The van der Waals surface area contributed by atoms with Crippen LogP contribution in [-0.4, -0.2) is 93.7 Å². The van der Waals surface area contributed by atoms with Crippen molar-refractivity contribution in [1.82, 2.24) is 36.4 Å². The molecule has 16 bridgehead atoms. The number of nitrogens with zero attached hydrogens (tertiary/aromatic N) is 7. The summed E-state index contributed by atoms with van der Waals surface area (Å²) < 4.78 is 16.4. The molecule has 99 heavy (non-hydrogen) atoms. The van der Waals surface area contributed by atoms with Crippen molar-refractivity contribution < 1.29 is 13.7 Å². The molecule has 16 fully saturated rings. The summed E-state index contributed by atoms with van der Waals surface area (Å²) in [5.41, 5.74) is 12.0. The van der Waals surface area contributed by atoms with Crippen molar-refractivity contribution in [1.29, 1.82) is 0 Å². The lowest BCUT2D eigenvalue weighted by atomic mass is 9.53. The van der Waals surface area contributed by atoms with E-state index in [1.807, 2.05) is 42.5 Å². The number of hydrogen-bond acceptors (Lipinski definition) is 14. The van der Waals surface area contributed by atoms with Gasteiger partial charge in [-0.05, 0) is 279 Å². The first-order valence-corrected chi connectivity index (χ1v) is 38.9. The average molecular weight is 1330 g/mol. The number of aromatic nitrogens is 3. The highest BCUT2D eigenvalue weighted by Gasteiger charge is 2.54. The lowest BCUT2D eigenvalue weighted by Gasteiger charge is -2.57. The van der Waals surface area contributed by atoms with Crippen molar-refractivity contribution in [2.45, 2.75) is 222 Å². The molecular weight excluding hydrogens is 1220 g/mol. The van der Waals surface area contributed by atoms with Crippen molar-refractivity contribution in [3.63, 3.8) is 0 Å². The Bertz CT molecular complexity index is 3820. The molecule has 0 radical (unpaired) electrons. The SMILES string of the molecule is CC(C)(C)c1ccc(C2=NCC(CNC34CC5CC(CC(C5)C3)C4)=N2)cc1.COc1ccc(-c2nc(CNC34CC5CC(CC(C5)C3)C4)co2)cc1.Cc1cccc(-c2nc(CNC34CC5CC(CC(C5)C3)C4)no2)c1.c1ccc(C2=NCC(CNC34CC5CC(CC(C5)C3)C4)=N2)cc1. The van der Waals surface area contributed by atoms with Gasteiger partial charge in [-0.3, -0.25) is 9.98 Å². The fraction of sp³-hybridized carbons (Fsp3) is 0.612. The van der Waals surface area contributed by atoms with Gasteiger partial charge < -0.3 is 34.9 Å². The molecule has 2 aliphatic heterocycles. The molecule has 14 nitrogen and oxygen atoms in total. The van der Waals surface area contributed by atoms with E-state index >= 15 is 0 Å². The highest BCUT2D eigenvalue weighted by molar-refractivity contribution is 6.13. The van der Waals surface area contributed by atoms with Gasteiger partial charge in [0.25, 0.3) is 5.89 Å². The Morgan fingerprint density at radius 3 is 1.26 bits per heavy atom. The first-order chi connectivity index (χ1) is 48.0. The summed E-state index contributed by atoms with van der Waals surface area (Å²) in [6, 6.07) is 35.2. The third-order valence-electron chi connectivity index (χ3n) is 26.8. The van der Waals surface area contributed by atoms with Crippen LogP contribution in [0.5, 0.6) is 5.75 Å². The van der Waals surface area contributed by atoms with Gasteiger partial charge in [-0.1, -0.05) is 98.2 Å². The monoisotopic (exact) mass is 1330 g/mol. The zero-order chi connectivity index (χ0) is 66.9. The van der Waals surface area contributed by atoms with Crippen LogP contribution < -0.4 is 26.0 Å². The first-order valence-electron chi connectivity index (χ1n) is 38.9. The molecule has 4 N–H and O–H groups in total. The fourth-order valence-electron chi connectivity index (χ4n) is 23.9. The van der Waals surface area contributed by atoms with Crippen LogP contribution in [0.3, 0.4) is 0 Å². The molecule has 0 atom stereocenters. The van der Waals surface area contributed by atoms with Gasteiger partial charge in [-0.15, -0.1) is 0 Å². The van der Waals surface area contributed by atoms with Gasteiger partial charge in [0.2, 0.25) is 5.89 Å². The lowest BCUT2D eigenvalue weighted by Crippen LogP contribution is -2.59. The van der Waals surface area contributed by atoms with Crippen molar-refractivity contribution in [3.05, 3.63) is 143 Å². The van der Waals surface area contributed by atoms with Crippen LogP contribution in [0.1, 0.15) is 209 Å². The Balaban J connectivity index is 0.0000000991. The van der Waals surface area contributed by atoms with Gasteiger partial charge in [0.1, 0.15) is 12.0 Å². The van der Waals surface area contributed by atoms with Gasteiger partial charge in [-0.25, -0.2) is 15.0 Å². The maximum atomic E-state index is 5.70. The Morgan fingerprint density at radius 2 is 0.838 bits per heavy atom. The van der Waals surface area contributed by atoms with Crippen LogP contribution in [-0.2, 0) is 18.5 Å². The predicted octanol–water partition coefficient (Wildman–Crippen LogP) is 16.7. The molecule has 18 aliphatic rings. The van der Waals surface area contributed by atoms with E-state index in [0.717, 1.165) is 161 Å². The second-order valence-corrected chi connectivity index (χ2v) is 35.8. The van der Waals surface area contributed by atoms with E-state index in [9.17, 15) is 0 Å². The third kappa shape index (κ3) is 14.7. The van der Waals surface area contributed by atoms with E-state index in [-0.39, 0.29) is 5.41 Å². The van der Waals surface area contributed by atoms with Crippen LogP contribution in [0.4, 0.5) is 0 Å². The number of aliphatic imine (C=N–C) groups is 4. The largest absolute Gasteiger partial charge is 0.497 e. The number of benzene rings is 4.